The third-order valence-corrected chi connectivity index (χ3v) is 4.48. The lowest BCUT2D eigenvalue weighted by Crippen LogP contribution is -2.28. The van der Waals surface area contributed by atoms with Crippen LogP contribution >= 0.6 is 23.2 Å². The number of halogens is 2. The van der Waals surface area contributed by atoms with Gasteiger partial charge >= 0.3 is 0 Å². The molecule has 0 aliphatic rings. The Morgan fingerprint density at radius 2 is 1.93 bits per heavy atom. The zero-order chi connectivity index (χ0) is 19.5. The minimum atomic E-state index is -0.320. The zero-order valence-corrected chi connectivity index (χ0v) is 16.0. The number of para-hydroxylation sites is 1. The number of hydrogen-bond donors (Lipinski definition) is 1. The summed E-state index contributed by atoms with van der Waals surface area (Å²) >= 11 is 11.8. The van der Waals surface area contributed by atoms with Gasteiger partial charge in [-0.1, -0.05) is 46.6 Å². The van der Waals surface area contributed by atoms with Crippen LogP contribution in [0.4, 0.5) is 0 Å². The lowest BCUT2D eigenvalue weighted by molar-refractivity contribution is -0.123. The Hall–Kier alpha value is -2.96. The molecule has 6 nitrogen and oxygen atoms in total. The van der Waals surface area contributed by atoms with E-state index in [2.05, 4.69) is 10.5 Å². The Kier molecular flexibility index (Phi) is 5.23. The molecule has 0 aliphatic heterocycles. The quantitative estimate of drug-likeness (QED) is 0.473. The van der Waals surface area contributed by atoms with Gasteiger partial charge in [0.1, 0.15) is 17.0 Å². The van der Waals surface area contributed by atoms with E-state index in [9.17, 15) is 4.79 Å². The fourth-order valence-electron chi connectivity index (χ4n) is 2.59. The number of rotatable bonds is 6. The molecule has 4 aromatic rings. The van der Waals surface area contributed by atoms with Crippen molar-refractivity contribution in [1.29, 1.82) is 0 Å². The summed E-state index contributed by atoms with van der Waals surface area (Å²) < 4.78 is 16.4. The number of ether oxygens (including phenoxy) is 1. The smallest absolute Gasteiger partial charge is 0.258 e. The number of carbonyl (C=O) groups excluding carboxylic acids is 1. The summed E-state index contributed by atoms with van der Waals surface area (Å²) in [6, 6.07) is 16.0. The first-order valence-corrected chi connectivity index (χ1v) is 9.13. The molecule has 0 saturated carbocycles. The van der Waals surface area contributed by atoms with Gasteiger partial charge in [0.15, 0.2) is 12.4 Å². The van der Waals surface area contributed by atoms with Gasteiger partial charge in [-0.2, -0.15) is 0 Å². The average molecular weight is 417 g/mol. The summed E-state index contributed by atoms with van der Waals surface area (Å²) in [5.41, 5.74) is 1.33. The molecular weight excluding hydrogens is 403 g/mol. The number of aromatic nitrogens is 1. The van der Waals surface area contributed by atoms with Gasteiger partial charge in [-0.15, -0.1) is 0 Å². The van der Waals surface area contributed by atoms with Gasteiger partial charge in [-0.05, 0) is 30.3 Å². The fourth-order valence-corrected chi connectivity index (χ4v) is 3.05. The van der Waals surface area contributed by atoms with E-state index in [-0.39, 0.29) is 19.1 Å². The summed E-state index contributed by atoms with van der Waals surface area (Å²) in [5, 5.41) is 8.46. The van der Waals surface area contributed by atoms with Gasteiger partial charge in [-0.3, -0.25) is 4.79 Å². The third-order valence-electron chi connectivity index (χ3n) is 3.95. The lowest BCUT2D eigenvalue weighted by atomic mass is 10.2. The van der Waals surface area contributed by atoms with Gasteiger partial charge in [0.2, 0.25) is 5.76 Å². The molecule has 0 bridgehead atoms. The predicted octanol–water partition coefficient (Wildman–Crippen LogP) is 5.09. The number of fused-ring (bicyclic) bond motifs is 1. The second-order valence-corrected chi connectivity index (χ2v) is 6.81. The first kappa shape index (κ1) is 18.4. The first-order chi connectivity index (χ1) is 13.6. The highest BCUT2D eigenvalue weighted by atomic mass is 35.5. The van der Waals surface area contributed by atoms with Gasteiger partial charge in [0.05, 0.1) is 11.6 Å². The molecule has 0 unspecified atom stereocenters. The SMILES string of the molecule is O=C(COc1ccc(Cl)cc1Cl)NCc1cc(-c2cc3ccccc3o2)on1. The van der Waals surface area contributed by atoms with Gasteiger partial charge in [-0.25, -0.2) is 0 Å². The number of carbonyl (C=O) groups is 1. The van der Waals surface area contributed by atoms with Crippen LogP contribution in [-0.2, 0) is 11.3 Å². The second-order valence-electron chi connectivity index (χ2n) is 5.97. The van der Waals surface area contributed by atoms with Gasteiger partial charge in [0, 0.05) is 16.5 Å². The maximum absolute atomic E-state index is 12.0. The number of nitrogens with one attached hydrogen (secondary N) is 1. The molecule has 0 atom stereocenters. The van der Waals surface area contributed by atoms with E-state index in [1.165, 1.54) is 0 Å². The van der Waals surface area contributed by atoms with Crippen LogP contribution in [0, 0.1) is 0 Å². The number of amides is 1. The Labute approximate surface area is 170 Å². The molecule has 4 rings (SSSR count). The molecule has 0 saturated heterocycles. The largest absolute Gasteiger partial charge is 0.482 e. The molecule has 1 amide bonds. The minimum absolute atomic E-state index is 0.185. The van der Waals surface area contributed by atoms with Crippen molar-refractivity contribution >= 4 is 40.1 Å². The summed E-state index contributed by atoms with van der Waals surface area (Å²) in [6.07, 6.45) is 0. The van der Waals surface area contributed by atoms with E-state index >= 15 is 0 Å². The summed E-state index contributed by atoms with van der Waals surface area (Å²) in [5.74, 6) is 1.13. The molecule has 0 spiro atoms. The van der Waals surface area contributed by atoms with Crippen molar-refractivity contribution < 1.29 is 18.5 Å². The van der Waals surface area contributed by atoms with E-state index in [0.29, 0.717) is 33.0 Å². The van der Waals surface area contributed by atoms with E-state index in [4.69, 9.17) is 36.9 Å². The first-order valence-electron chi connectivity index (χ1n) is 8.37. The fraction of sp³-hybridized carbons (Fsp3) is 0.100. The molecule has 2 aromatic heterocycles. The van der Waals surface area contributed by atoms with Crippen LogP contribution in [0.2, 0.25) is 10.0 Å². The standard InChI is InChI=1S/C20H14Cl2N2O4/c21-13-5-6-17(15(22)8-13)26-11-20(25)23-10-14-9-19(28-24-14)18-7-12-3-1-2-4-16(12)27-18/h1-9H,10-11H2,(H,23,25). The molecule has 0 radical (unpaired) electrons. The Morgan fingerprint density at radius 1 is 1.07 bits per heavy atom. The molecule has 0 fully saturated rings. The lowest BCUT2D eigenvalue weighted by Gasteiger charge is -2.08. The highest BCUT2D eigenvalue weighted by Gasteiger charge is 2.13. The molecular formula is C20H14Cl2N2O4. The topological polar surface area (TPSA) is 77.5 Å². The maximum atomic E-state index is 12.0. The van der Waals surface area contributed by atoms with Crippen LogP contribution in [-0.4, -0.2) is 17.7 Å². The maximum Gasteiger partial charge on any atom is 0.258 e. The van der Waals surface area contributed by atoms with Crippen LogP contribution < -0.4 is 10.1 Å². The number of benzene rings is 2. The Morgan fingerprint density at radius 3 is 2.75 bits per heavy atom. The van der Waals surface area contributed by atoms with E-state index in [1.807, 2.05) is 30.3 Å². The zero-order valence-electron chi connectivity index (χ0n) is 14.4. The van der Waals surface area contributed by atoms with Crippen LogP contribution in [0.1, 0.15) is 5.69 Å². The van der Waals surface area contributed by atoms with E-state index in [1.54, 1.807) is 24.3 Å². The van der Waals surface area contributed by atoms with E-state index < -0.39 is 0 Å². The van der Waals surface area contributed by atoms with Crippen molar-refractivity contribution in [2.24, 2.45) is 0 Å². The summed E-state index contributed by atoms with van der Waals surface area (Å²) in [6.45, 7) is 0.00983. The number of hydrogen-bond acceptors (Lipinski definition) is 5. The highest BCUT2D eigenvalue weighted by Crippen LogP contribution is 2.28. The van der Waals surface area contributed by atoms with Crippen molar-refractivity contribution in [3.05, 3.63) is 70.3 Å². The van der Waals surface area contributed by atoms with Crippen molar-refractivity contribution in [2.75, 3.05) is 6.61 Å². The molecule has 2 aromatic carbocycles. The van der Waals surface area contributed by atoms with Gasteiger partial charge in [0.25, 0.3) is 5.91 Å². The van der Waals surface area contributed by atoms with Crippen LogP contribution in [0.15, 0.2) is 63.5 Å². The minimum Gasteiger partial charge on any atom is -0.482 e. The highest BCUT2D eigenvalue weighted by molar-refractivity contribution is 6.35. The second kappa shape index (κ2) is 7.96. The average Bonchev–Trinajstić information content (AvgIpc) is 3.32. The molecule has 2 heterocycles. The molecule has 28 heavy (non-hydrogen) atoms. The molecule has 142 valence electrons. The predicted molar refractivity (Wildman–Crippen MR) is 106 cm³/mol. The number of nitrogens with zero attached hydrogens (tertiary/aromatic N) is 1. The molecule has 1 N–H and O–H groups in total. The van der Waals surface area contributed by atoms with Crippen molar-refractivity contribution in [2.45, 2.75) is 6.54 Å². The van der Waals surface area contributed by atoms with E-state index in [0.717, 1.165) is 11.0 Å². The van der Waals surface area contributed by atoms with Crippen molar-refractivity contribution in [3.63, 3.8) is 0 Å². The van der Waals surface area contributed by atoms with Crippen molar-refractivity contribution in [1.82, 2.24) is 10.5 Å². The molecule has 0 aliphatic carbocycles. The summed E-state index contributed by atoms with van der Waals surface area (Å²) in [4.78, 5) is 12.0. The van der Waals surface area contributed by atoms with Crippen LogP contribution in [0.3, 0.4) is 0 Å². The van der Waals surface area contributed by atoms with Crippen molar-refractivity contribution in [3.8, 4) is 17.3 Å². The Bertz CT molecular complexity index is 1100. The molecule has 8 heteroatoms. The number of furan rings is 1. The monoisotopic (exact) mass is 416 g/mol. The Balaban J connectivity index is 1.33. The van der Waals surface area contributed by atoms with Crippen LogP contribution in [0.25, 0.3) is 22.5 Å². The van der Waals surface area contributed by atoms with Gasteiger partial charge < -0.3 is 19.0 Å². The third kappa shape index (κ3) is 4.13. The normalized spacial score (nSPS) is 10.9. The van der Waals surface area contributed by atoms with Crippen LogP contribution in [0.5, 0.6) is 5.75 Å². The summed E-state index contributed by atoms with van der Waals surface area (Å²) in [7, 11) is 0.